The molecule has 4 nitrogen and oxygen atoms in total. The van der Waals surface area contributed by atoms with E-state index in [1.807, 2.05) is 62.3 Å². The Morgan fingerprint density at radius 1 is 1.25 bits per heavy atom. The summed E-state index contributed by atoms with van der Waals surface area (Å²) in [5.74, 6) is 0.780. The van der Waals surface area contributed by atoms with Gasteiger partial charge in [0, 0.05) is 12.1 Å². The Balaban J connectivity index is 1.99. The number of carbonyl (C=O) groups excluding carboxylic acids is 1. The van der Waals surface area contributed by atoms with Gasteiger partial charge in [-0.25, -0.2) is 0 Å². The Kier molecular flexibility index (Phi) is 4.58. The summed E-state index contributed by atoms with van der Waals surface area (Å²) in [6.45, 7) is 2.51. The maximum absolute atomic E-state index is 12.1. The molecule has 20 heavy (non-hydrogen) atoms. The summed E-state index contributed by atoms with van der Waals surface area (Å²) in [5.41, 5.74) is 1.82. The topological polar surface area (TPSA) is 45.5 Å². The average molecular weight is 272 g/mol. The molecule has 4 heteroatoms. The molecule has 106 valence electrons. The molecule has 0 saturated heterocycles. The maximum Gasteiger partial charge on any atom is 0.251 e. The predicted octanol–water partition coefficient (Wildman–Crippen LogP) is 2.62. The SMILES string of the molecule is Cc1ccc(C(=O)NCC(c2ccco2)N(C)C)cc1. The number of aryl methyl sites for hydroxylation is 1. The number of benzene rings is 1. The van der Waals surface area contributed by atoms with Crippen molar-refractivity contribution in [2.75, 3.05) is 20.6 Å². The molecule has 0 aliphatic heterocycles. The van der Waals surface area contributed by atoms with Gasteiger partial charge >= 0.3 is 0 Å². The molecule has 1 amide bonds. The number of likely N-dealkylation sites (N-methyl/N-ethyl adjacent to an activating group) is 1. The van der Waals surface area contributed by atoms with Crippen LogP contribution in [0.15, 0.2) is 47.1 Å². The van der Waals surface area contributed by atoms with Gasteiger partial charge in [0.15, 0.2) is 0 Å². The van der Waals surface area contributed by atoms with Gasteiger partial charge in [0.1, 0.15) is 5.76 Å². The molecule has 1 aromatic heterocycles. The van der Waals surface area contributed by atoms with Crippen molar-refractivity contribution in [3.8, 4) is 0 Å². The number of hydrogen-bond acceptors (Lipinski definition) is 3. The highest BCUT2D eigenvalue weighted by Gasteiger charge is 2.18. The van der Waals surface area contributed by atoms with Crippen LogP contribution in [-0.4, -0.2) is 31.4 Å². The zero-order chi connectivity index (χ0) is 14.5. The second-order valence-corrected chi connectivity index (χ2v) is 5.07. The monoisotopic (exact) mass is 272 g/mol. The molecule has 0 aliphatic carbocycles. The third-order valence-corrected chi connectivity index (χ3v) is 3.26. The zero-order valence-corrected chi connectivity index (χ0v) is 12.1. The first-order valence-electron chi connectivity index (χ1n) is 6.62. The Morgan fingerprint density at radius 3 is 2.50 bits per heavy atom. The molecule has 1 atom stereocenters. The van der Waals surface area contributed by atoms with Crippen LogP contribution in [0.25, 0.3) is 0 Å². The summed E-state index contributed by atoms with van der Waals surface area (Å²) < 4.78 is 5.42. The number of nitrogens with one attached hydrogen (secondary N) is 1. The molecule has 2 rings (SSSR count). The van der Waals surface area contributed by atoms with Crippen LogP contribution in [0.5, 0.6) is 0 Å². The lowest BCUT2D eigenvalue weighted by molar-refractivity contribution is 0.0939. The highest BCUT2D eigenvalue weighted by molar-refractivity contribution is 5.94. The molecule has 0 radical (unpaired) electrons. The van der Waals surface area contributed by atoms with Crippen molar-refractivity contribution in [2.45, 2.75) is 13.0 Å². The summed E-state index contributed by atoms with van der Waals surface area (Å²) in [7, 11) is 3.93. The van der Waals surface area contributed by atoms with Crippen molar-refractivity contribution >= 4 is 5.91 Å². The standard InChI is InChI=1S/C16H20N2O2/c1-12-6-8-13(9-7-12)16(19)17-11-14(18(2)3)15-5-4-10-20-15/h4-10,14H,11H2,1-3H3,(H,17,19). The van der Waals surface area contributed by atoms with Crippen LogP contribution in [-0.2, 0) is 0 Å². The van der Waals surface area contributed by atoms with E-state index in [2.05, 4.69) is 5.32 Å². The van der Waals surface area contributed by atoms with Gasteiger partial charge in [-0.1, -0.05) is 17.7 Å². The zero-order valence-electron chi connectivity index (χ0n) is 12.1. The first kappa shape index (κ1) is 14.3. The van der Waals surface area contributed by atoms with Crippen molar-refractivity contribution in [2.24, 2.45) is 0 Å². The van der Waals surface area contributed by atoms with Crippen LogP contribution in [0.3, 0.4) is 0 Å². The van der Waals surface area contributed by atoms with E-state index in [0.29, 0.717) is 12.1 Å². The molecule has 2 aromatic rings. The largest absolute Gasteiger partial charge is 0.468 e. The van der Waals surface area contributed by atoms with Gasteiger partial charge in [-0.15, -0.1) is 0 Å². The van der Waals surface area contributed by atoms with Crippen molar-refractivity contribution in [1.29, 1.82) is 0 Å². The van der Waals surface area contributed by atoms with Crippen LogP contribution >= 0.6 is 0 Å². The fraction of sp³-hybridized carbons (Fsp3) is 0.312. The summed E-state index contributed by atoms with van der Waals surface area (Å²) >= 11 is 0. The second kappa shape index (κ2) is 6.39. The van der Waals surface area contributed by atoms with E-state index >= 15 is 0 Å². The summed E-state index contributed by atoms with van der Waals surface area (Å²) in [5, 5.41) is 2.95. The molecule has 1 aromatic carbocycles. The predicted molar refractivity (Wildman–Crippen MR) is 78.6 cm³/mol. The van der Waals surface area contributed by atoms with Crippen LogP contribution in [0.1, 0.15) is 27.7 Å². The van der Waals surface area contributed by atoms with Crippen molar-refractivity contribution < 1.29 is 9.21 Å². The smallest absolute Gasteiger partial charge is 0.251 e. The fourth-order valence-corrected chi connectivity index (χ4v) is 2.01. The summed E-state index contributed by atoms with van der Waals surface area (Å²) in [6.07, 6.45) is 1.65. The Labute approximate surface area is 119 Å². The minimum atomic E-state index is -0.0663. The van der Waals surface area contributed by atoms with Gasteiger partial charge < -0.3 is 9.73 Å². The minimum absolute atomic E-state index is 0.0272. The summed E-state index contributed by atoms with van der Waals surface area (Å²) in [6, 6.07) is 11.3. The number of amides is 1. The van der Waals surface area contributed by atoms with Crippen molar-refractivity contribution in [3.63, 3.8) is 0 Å². The first-order valence-corrected chi connectivity index (χ1v) is 6.62. The highest BCUT2D eigenvalue weighted by atomic mass is 16.3. The molecule has 0 saturated carbocycles. The Bertz CT molecular complexity index is 544. The Hall–Kier alpha value is -2.07. The third-order valence-electron chi connectivity index (χ3n) is 3.26. The molecular weight excluding hydrogens is 252 g/mol. The molecule has 1 N–H and O–H groups in total. The van der Waals surface area contributed by atoms with Gasteiger partial charge in [-0.3, -0.25) is 9.69 Å². The maximum atomic E-state index is 12.1. The third kappa shape index (κ3) is 3.48. The van der Waals surface area contributed by atoms with Gasteiger partial charge in [0.05, 0.1) is 12.3 Å². The highest BCUT2D eigenvalue weighted by Crippen LogP contribution is 2.17. The van der Waals surface area contributed by atoms with Gasteiger partial charge in [-0.05, 0) is 45.3 Å². The normalized spacial score (nSPS) is 12.4. The lowest BCUT2D eigenvalue weighted by Crippen LogP contribution is -2.34. The van der Waals surface area contributed by atoms with Crippen LogP contribution < -0.4 is 5.32 Å². The van der Waals surface area contributed by atoms with Crippen LogP contribution in [0, 0.1) is 6.92 Å². The number of hydrogen-bond donors (Lipinski definition) is 1. The van der Waals surface area contributed by atoms with Crippen LogP contribution in [0.2, 0.25) is 0 Å². The van der Waals surface area contributed by atoms with E-state index < -0.39 is 0 Å². The fourth-order valence-electron chi connectivity index (χ4n) is 2.01. The van der Waals surface area contributed by atoms with Gasteiger partial charge in [0.25, 0.3) is 5.91 Å². The lowest BCUT2D eigenvalue weighted by atomic mass is 10.1. The van der Waals surface area contributed by atoms with E-state index in [0.717, 1.165) is 11.3 Å². The lowest BCUT2D eigenvalue weighted by Gasteiger charge is -2.22. The molecule has 1 unspecified atom stereocenters. The van der Waals surface area contributed by atoms with Crippen molar-refractivity contribution in [3.05, 3.63) is 59.5 Å². The number of rotatable bonds is 5. The first-order chi connectivity index (χ1) is 9.58. The van der Waals surface area contributed by atoms with E-state index in [9.17, 15) is 4.79 Å². The number of carbonyl (C=O) groups is 1. The molecule has 0 fully saturated rings. The van der Waals surface area contributed by atoms with E-state index in [4.69, 9.17) is 4.42 Å². The quantitative estimate of drug-likeness (QED) is 0.910. The summed E-state index contributed by atoms with van der Waals surface area (Å²) in [4.78, 5) is 14.1. The molecule has 0 bridgehead atoms. The number of nitrogens with zero attached hydrogens (tertiary/aromatic N) is 1. The molecule has 1 heterocycles. The van der Waals surface area contributed by atoms with E-state index in [1.54, 1.807) is 6.26 Å². The molecular formula is C16H20N2O2. The molecule has 0 spiro atoms. The average Bonchev–Trinajstić information content (AvgIpc) is 2.93. The molecule has 0 aliphatic rings. The number of furan rings is 1. The van der Waals surface area contributed by atoms with Gasteiger partial charge in [0.2, 0.25) is 0 Å². The van der Waals surface area contributed by atoms with Crippen LogP contribution in [0.4, 0.5) is 0 Å². The van der Waals surface area contributed by atoms with E-state index in [1.165, 1.54) is 0 Å². The minimum Gasteiger partial charge on any atom is -0.468 e. The van der Waals surface area contributed by atoms with Gasteiger partial charge in [-0.2, -0.15) is 0 Å². The second-order valence-electron chi connectivity index (χ2n) is 5.07. The van der Waals surface area contributed by atoms with Crippen molar-refractivity contribution in [1.82, 2.24) is 10.2 Å². The Morgan fingerprint density at radius 2 is 1.95 bits per heavy atom. The van der Waals surface area contributed by atoms with E-state index in [-0.39, 0.29) is 11.9 Å².